The van der Waals surface area contributed by atoms with Gasteiger partial charge in [-0.15, -0.1) is 11.3 Å². The average molecular weight is 388 g/mol. The number of phenolic OH excluding ortho intramolecular Hbond substituents is 1. The average Bonchev–Trinajstić information content (AvgIpc) is 3.00. The van der Waals surface area contributed by atoms with Gasteiger partial charge in [0.15, 0.2) is 0 Å². The van der Waals surface area contributed by atoms with E-state index in [0.29, 0.717) is 10.7 Å². The molecule has 3 rings (SSSR count). The molecule has 0 spiro atoms. The molecule has 0 amide bonds. The molecular formula is C17H14BrN3OS. The summed E-state index contributed by atoms with van der Waals surface area (Å²) < 4.78 is 0.882. The predicted octanol–water partition coefficient (Wildman–Crippen LogP) is 5.03. The fraction of sp³-hybridized carbons (Fsp3) is 0.0588. The summed E-state index contributed by atoms with van der Waals surface area (Å²) in [5.74, 6) is 0.179. The second-order valence-corrected chi connectivity index (χ2v) is 6.75. The van der Waals surface area contributed by atoms with E-state index in [2.05, 4.69) is 62.6 Å². The number of nitrogens with zero attached hydrogens (tertiary/aromatic N) is 2. The lowest BCUT2D eigenvalue weighted by Crippen LogP contribution is -1.91. The van der Waals surface area contributed by atoms with Crippen molar-refractivity contribution in [3.63, 3.8) is 0 Å². The quantitative estimate of drug-likeness (QED) is 0.487. The molecule has 1 heterocycles. The zero-order valence-electron chi connectivity index (χ0n) is 12.3. The fourth-order valence-electron chi connectivity index (χ4n) is 1.97. The predicted molar refractivity (Wildman–Crippen MR) is 99.3 cm³/mol. The summed E-state index contributed by atoms with van der Waals surface area (Å²) in [6, 6.07) is 13.4. The third-order valence-electron chi connectivity index (χ3n) is 3.20. The van der Waals surface area contributed by atoms with E-state index in [1.807, 2.05) is 5.38 Å². The molecule has 2 aromatic carbocycles. The minimum absolute atomic E-state index is 0.179. The third kappa shape index (κ3) is 3.97. The Morgan fingerprint density at radius 1 is 1.22 bits per heavy atom. The molecule has 23 heavy (non-hydrogen) atoms. The number of phenols is 1. The maximum atomic E-state index is 9.75. The molecule has 4 nitrogen and oxygen atoms in total. The zero-order chi connectivity index (χ0) is 16.2. The molecule has 0 aliphatic heterocycles. The highest BCUT2D eigenvalue weighted by atomic mass is 79.9. The number of benzene rings is 2. The minimum atomic E-state index is 0.179. The van der Waals surface area contributed by atoms with Gasteiger partial charge in [-0.05, 0) is 25.1 Å². The van der Waals surface area contributed by atoms with Gasteiger partial charge in [0.25, 0.3) is 0 Å². The van der Waals surface area contributed by atoms with Crippen LogP contribution in [0.3, 0.4) is 0 Å². The molecule has 0 unspecified atom stereocenters. The van der Waals surface area contributed by atoms with Crippen molar-refractivity contribution >= 4 is 38.6 Å². The summed E-state index contributed by atoms with van der Waals surface area (Å²) in [4.78, 5) is 4.50. The largest absolute Gasteiger partial charge is 0.507 e. The number of anilines is 1. The summed E-state index contributed by atoms with van der Waals surface area (Å²) in [6.07, 6.45) is 1.56. The first-order valence-corrected chi connectivity index (χ1v) is 8.59. The highest BCUT2D eigenvalue weighted by Crippen LogP contribution is 2.25. The second-order valence-electron chi connectivity index (χ2n) is 4.98. The summed E-state index contributed by atoms with van der Waals surface area (Å²) >= 11 is 4.85. The number of thiazole rings is 1. The lowest BCUT2D eigenvalue weighted by atomic mass is 10.1. The molecule has 0 saturated carbocycles. The SMILES string of the molecule is Cc1ccc(-c2csc(N/N=C/c3cc(Br)ccc3O)n2)cc1. The highest BCUT2D eigenvalue weighted by molar-refractivity contribution is 9.10. The Morgan fingerprint density at radius 3 is 2.78 bits per heavy atom. The lowest BCUT2D eigenvalue weighted by Gasteiger charge is -1.99. The van der Waals surface area contributed by atoms with Gasteiger partial charge >= 0.3 is 0 Å². The van der Waals surface area contributed by atoms with Crippen LogP contribution in [0.4, 0.5) is 5.13 Å². The van der Waals surface area contributed by atoms with Crippen LogP contribution in [0.15, 0.2) is 57.4 Å². The smallest absolute Gasteiger partial charge is 0.203 e. The standard InChI is InChI=1S/C17H14BrN3OS/c1-11-2-4-12(5-3-11)15-10-23-17(20-15)21-19-9-13-8-14(18)6-7-16(13)22/h2-10,22H,1H3,(H,20,21)/b19-9+. The van der Waals surface area contributed by atoms with Crippen LogP contribution in [0.1, 0.15) is 11.1 Å². The molecule has 1 aromatic heterocycles. The van der Waals surface area contributed by atoms with E-state index in [1.54, 1.807) is 24.4 Å². The summed E-state index contributed by atoms with van der Waals surface area (Å²) in [5, 5.41) is 16.6. The van der Waals surface area contributed by atoms with Crippen molar-refractivity contribution in [3.05, 3.63) is 63.4 Å². The van der Waals surface area contributed by atoms with Crippen molar-refractivity contribution in [2.45, 2.75) is 6.92 Å². The Kier molecular flexibility index (Phi) is 4.73. The van der Waals surface area contributed by atoms with Crippen molar-refractivity contribution in [1.29, 1.82) is 0 Å². The van der Waals surface area contributed by atoms with Gasteiger partial charge in [0.2, 0.25) is 5.13 Å². The molecule has 0 saturated heterocycles. The zero-order valence-corrected chi connectivity index (χ0v) is 14.7. The van der Waals surface area contributed by atoms with Crippen molar-refractivity contribution in [2.24, 2.45) is 5.10 Å². The Hall–Kier alpha value is -2.18. The van der Waals surface area contributed by atoms with Crippen LogP contribution in [0.25, 0.3) is 11.3 Å². The normalized spacial score (nSPS) is 11.0. The van der Waals surface area contributed by atoms with Crippen LogP contribution < -0.4 is 5.43 Å². The first kappa shape index (κ1) is 15.7. The van der Waals surface area contributed by atoms with Gasteiger partial charge in [-0.2, -0.15) is 5.10 Å². The number of hydrogen-bond acceptors (Lipinski definition) is 5. The molecule has 0 aliphatic rings. The van der Waals surface area contributed by atoms with E-state index in [0.717, 1.165) is 15.7 Å². The molecule has 0 atom stereocenters. The number of aryl methyl sites for hydroxylation is 1. The Labute approximate surface area is 146 Å². The molecule has 0 fully saturated rings. The van der Waals surface area contributed by atoms with E-state index >= 15 is 0 Å². The van der Waals surface area contributed by atoms with Gasteiger partial charge in [-0.3, -0.25) is 5.43 Å². The third-order valence-corrected chi connectivity index (χ3v) is 4.45. The number of halogens is 1. The maximum absolute atomic E-state index is 9.75. The summed E-state index contributed by atoms with van der Waals surface area (Å²) in [5.41, 5.74) is 6.73. The van der Waals surface area contributed by atoms with Gasteiger partial charge in [-0.1, -0.05) is 45.8 Å². The van der Waals surface area contributed by atoms with Crippen LogP contribution in [-0.2, 0) is 0 Å². The van der Waals surface area contributed by atoms with Crippen molar-refractivity contribution in [1.82, 2.24) is 4.98 Å². The van der Waals surface area contributed by atoms with Gasteiger partial charge in [0.05, 0.1) is 11.9 Å². The van der Waals surface area contributed by atoms with E-state index < -0.39 is 0 Å². The van der Waals surface area contributed by atoms with E-state index in [1.165, 1.54) is 16.9 Å². The number of aromatic hydroxyl groups is 1. The van der Waals surface area contributed by atoms with E-state index in [-0.39, 0.29) is 5.75 Å². The molecular weight excluding hydrogens is 374 g/mol. The number of rotatable bonds is 4. The first-order chi connectivity index (χ1) is 11.1. The Balaban J connectivity index is 1.71. The number of hydrogen-bond donors (Lipinski definition) is 2. The lowest BCUT2D eigenvalue weighted by molar-refractivity contribution is 0.474. The highest BCUT2D eigenvalue weighted by Gasteiger charge is 2.04. The van der Waals surface area contributed by atoms with Gasteiger partial charge < -0.3 is 5.11 Å². The monoisotopic (exact) mass is 387 g/mol. The Bertz CT molecular complexity index is 843. The van der Waals surface area contributed by atoms with Gasteiger partial charge in [-0.25, -0.2) is 4.98 Å². The molecule has 2 N–H and O–H groups in total. The summed E-state index contributed by atoms with van der Waals surface area (Å²) in [7, 11) is 0. The van der Waals surface area contributed by atoms with E-state index in [4.69, 9.17) is 0 Å². The number of hydrazone groups is 1. The fourth-order valence-corrected chi connectivity index (χ4v) is 3.02. The van der Waals surface area contributed by atoms with Crippen molar-refractivity contribution in [3.8, 4) is 17.0 Å². The van der Waals surface area contributed by atoms with Crippen molar-refractivity contribution < 1.29 is 5.11 Å². The second kappa shape index (κ2) is 6.93. The number of aromatic nitrogens is 1. The first-order valence-electron chi connectivity index (χ1n) is 6.92. The topological polar surface area (TPSA) is 57.5 Å². The van der Waals surface area contributed by atoms with Crippen LogP contribution >= 0.6 is 27.3 Å². The molecule has 0 radical (unpaired) electrons. The van der Waals surface area contributed by atoms with Crippen LogP contribution in [0, 0.1) is 6.92 Å². The van der Waals surface area contributed by atoms with Gasteiger partial charge in [0.1, 0.15) is 5.75 Å². The molecule has 0 aliphatic carbocycles. The molecule has 116 valence electrons. The van der Waals surface area contributed by atoms with Gasteiger partial charge in [0, 0.05) is 21.0 Å². The molecule has 0 bridgehead atoms. The van der Waals surface area contributed by atoms with Crippen molar-refractivity contribution in [2.75, 3.05) is 5.43 Å². The summed E-state index contributed by atoms with van der Waals surface area (Å²) in [6.45, 7) is 2.06. The number of nitrogens with one attached hydrogen (secondary N) is 1. The van der Waals surface area contributed by atoms with Crippen LogP contribution in [0.2, 0.25) is 0 Å². The molecule has 6 heteroatoms. The maximum Gasteiger partial charge on any atom is 0.203 e. The molecule has 3 aromatic rings. The van der Waals surface area contributed by atoms with Crippen LogP contribution in [-0.4, -0.2) is 16.3 Å². The Morgan fingerprint density at radius 2 is 2.00 bits per heavy atom. The minimum Gasteiger partial charge on any atom is -0.507 e. The van der Waals surface area contributed by atoms with Crippen LogP contribution in [0.5, 0.6) is 5.75 Å². The van der Waals surface area contributed by atoms with E-state index in [9.17, 15) is 5.11 Å².